The van der Waals surface area contributed by atoms with Gasteiger partial charge in [0.25, 0.3) is 0 Å². The monoisotopic (exact) mass is 210 g/mol. The minimum absolute atomic E-state index is 0.198. The van der Waals surface area contributed by atoms with Crippen molar-refractivity contribution in [1.82, 2.24) is 0 Å². The zero-order valence-electron chi connectivity index (χ0n) is 7.31. The molecule has 0 aliphatic carbocycles. The van der Waals surface area contributed by atoms with E-state index in [-0.39, 0.29) is 6.29 Å². The van der Waals surface area contributed by atoms with Gasteiger partial charge in [0.2, 0.25) is 0 Å². The summed E-state index contributed by atoms with van der Waals surface area (Å²) in [6.45, 7) is -0.394. The summed E-state index contributed by atoms with van der Waals surface area (Å²) >= 11 is 0. The fourth-order valence-corrected chi connectivity index (χ4v) is 0.812. The lowest BCUT2D eigenvalue weighted by atomic mass is 10.0. The van der Waals surface area contributed by atoms with Gasteiger partial charge in [0.05, 0.1) is 6.61 Å². The Balaban J connectivity index is 4.20. The summed E-state index contributed by atoms with van der Waals surface area (Å²) in [4.78, 5) is 18.3. The van der Waals surface area contributed by atoms with Crippen molar-refractivity contribution >= 4 is 6.29 Å². The molecule has 14 heavy (non-hydrogen) atoms. The smallest absolute Gasteiger partial charge is 0.162 e. The minimum Gasteiger partial charge on any atom is -0.388 e. The molecule has 0 aliphatic heterocycles. The fourth-order valence-electron chi connectivity index (χ4n) is 0.812. The van der Waals surface area contributed by atoms with Gasteiger partial charge >= 0.3 is 0 Å². The van der Waals surface area contributed by atoms with Crippen LogP contribution in [0.2, 0.25) is 0 Å². The molecule has 0 radical (unpaired) electrons. The third-order valence-electron chi connectivity index (χ3n) is 1.64. The van der Waals surface area contributed by atoms with Gasteiger partial charge in [-0.05, 0) is 0 Å². The van der Waals surface area contributed by atoms with Crippen molar-refractivity contribution < 1.29 is 29.8 Å². The highest BCUT2D eigenvalue weighted by atomic mass is 16.6. The van der Waals surface area contributed by atoms with Crippen molar-refractivity contribution in [3.8, 4) is 0 Å². The van der Waals surface area contributed by atoms with E-state index in [0.29, 0.717) is 0 Å². The molecule has 0 saturated heterocycles. The molecule has 0 aromatic heterocycles. The van der Waals surface area contributed by atoms with Gasteiger partial charge in [-0.25, -0.2) is 11.8 Å². The Labute approximate surface area is 79.9 Å². The number of aldehydes is 1. The predicted octanol–water partition coefficient (Wildman–Crippen LogP) is -3.58. The first-order valence-corrected chi connectivity index (χ1v) is 3.75. The lowest BCUT2D eigenvalue weighted by Crippen LogP contribution is -2.48. The third kappa shape index (κ3) is 3.64. The molecule has 8 heteroatoms. The largest absolute Gasteiger partial charge is 0.388 e. The molecule has 8 nitrogen and oxygen atoms in total. The van der Waals surface area contributed by atoms with E-state index in [1.54, 1.807) is 0 Å². The van der Waals surface area contributed by atoms with Crippen molar-refractivity contribution in [2.75, 3.05) is 6.61 Å². The number of nitrogens with two attached hydrogens (primary N) is 2. The first-order chi connectivity index (χ1) is 6.58. The summed E-state index contributed by atoms with van der Waals surface area (Å²) in [7, 11) is 0. The van der Waals surface area contributed by atoms with Crippen LogP contribution in [0.15, 0.2) is 0 Å². The fraction of sp³-hybridized carbons (Fsp3) is 0.833. The van der Waals surface area contributed by atoms with Gasteiger partial charge in [-0.15, -0.1) is 0 Å². The van der Waals surface area contributed by atoms with Crippen molar-refractivity contribution in [2.45, 2.75) is 24.4 Å². The van der Waals surface area contributed by atoms with Gasteiger partial charge in [-0.1, -0.05) is 0 Å². The Bertz CT molecular complexity index is 168. The van der Waals surface area contributed by atoms with Crippen LogP contribution in [0.5, 0.6) is 0 Å². The Kier molecular flexibility index (Phi) is 6.49. The molecule has 0 aliphatic rings. The molecule has 7 N–H and O–H groups in total. The lowest BCUT2D eigenvalue weighted by molar-refractivity contribution is -0.148. The van der Waals surface area contributed by atoms with E-state index in [1.165, 1.54) is 0 Å². The van der Waals surface area contributed by atoms with Crippen LogP contribution in [0.1, 0.15) is 0 Å². The van der Waals surface area contributed by atoms with E-state index in [0.717, 1.165) is 0 Å². The molecule has 0 amide bonds. The van der Waals surface area contributed by atoms with E-state index < -0.39 is 31.0 Å². The van der Waals surface area contributed by atoms with Crippen LogP contribution in [0.25, 0.3) is 0 Å². The molecule has 0 unspecified atom stereocenters. The lowest BCUT2D eigenvalue weighted by Gasteiger charge is -2.24. The Hall–Kier alpha value is -0.610. The van der Waals surface area contributed by atoms with Gasteiger partial charge < -0.3 is 25.0 Å². The van der Waals surface area contributed by atoms with Crippen LogP contribution in [-0.2, 0) is 14.5 Å². The maximum Gasteiger partial charge on any atom is 0.162 e. The number of carbonyl (C=O) groups excluding carboxylic acids is 1. The number of aliphatic hydroxyl groups is 3. The Morgan fingerprint density at radius 2 is 1.79 bits per heavy atom. The molecule has 0 heterocycles. The summed E-state index contributed by atoms with van der Waals surface area (Å²) in [5.74, 6) is 9.29. The molecule has 0 spiro atoms. The first-order valence-electron chi connectivity index (χ1n) is 3.75. The van der Waals surface area contributed by atoms with Crippen LogP contribution in [0.4, 0.5) is 0 Å². The van der Waals surface area contributed by atoms with Crippen LogP contribution < -0.4 is 11.8 Å². The molecule has 0 fully saturated rings. The maximum absolute atomic E-state index is 10.2. The number of rotatable bonds is 7. The average molecular weight is 210 g/mol. The molecule has 0 rings (SSSR count). The Morgan fingerprint density at radius 3 is 2.14 bits per heavy atom. The van der Waals surface area contributed by atoms with Crippen molar-refractivity contribution in [1.29, 1.82) is 0 Å². The highest BCUT2D eigenvalue weighted by molar-refractivity contribution is 5.57. The second-order valence-electron chi connectivity index (χ2n) is 2.62. The second kappa shape index (κ2) is 6.79. The SMILES string of the molecule is NOC[C@@H](O)[C@@H](O)[C@H](O)[C@H](C=O)ON. The highest BCUT2D eigenvalue weighted by Crippen LogP contribution is 2.05. The van der Waals surface area contributed by atoms with Crippen molar-refractivity contribution in [2.24, 2.45) is 11.8 Å². The van der Waals surface area contributed by atoms with E-state index in [9.17, 15) is 15.0 Å². The van der Waals surface area contributed by atoms with Gasteiger partial charge in [-0.2, -0.15) is 0 Å². The third-order valence-corrected chi connectivity index (χ3v) is 1.64. The van der Waals surface area contributed by atoms with E-state index >= 15 is 0 Å². The summed E-state index contributed by atoms with van der Waals surface area (Å²) in [6, 6.07) is 0. The summed E-state index contributed by atoms with van der Waals surface area (Å²) < 4.78 is 0. The normalized spacial score (nSPS) is 19.8. The van der Waals surface area contributed by atoms with Gasteiger partial charge in [-0.3, -0.25) is 4.84 Å². The first kappa shape index (κ1) is 13.4. The summed E-state index contributed by atoms with van der Waals surface area (Å²) in [6.07, 6.45) is -5.95. The van der Waals surface area contributed by atoms with Crippen LogP contribution in [0.3, 0.4) is 0 Å². The van der Waals surface area contributed by atoms with Crippen LogP contribution >= 0.6 is 0 Å². The molecule has 0 saturated carbocycles. The molecule has 0 aromatic rings. The summed E-state index contributed by atoms with van der Waals surface area (Å²) in [5.41, 5.74) is 0. The van der Waals surface area contributed by atoms with Gasteiger partial charge in [0.15, 0.2) is 12.4 Å². The summed E-state index contributed by atoms with van der Waals surface area (Å²) in [5, 5.41) is 27.6. The zero-order chi connectivity index (χ0) is 11.1. The number of hydrogen-bond donors (Lipinski definition) is 5. The standard InChI is InChI=1S/C6H14N2O6/c7-13-2-3(10)5(11)6(12)4(1-9)14-8/h1,3-6,10-12H,2,7-8H2/t3-,4+,5-,6-/m1/s1. The molecular weight excluding hydrogens is 196 g/mol. The minimum atomic E-state index is -1.65. The van der Waals surface area contributed by atoms with Gasteiger partial charge in [0, 0.05) is 0 Å². The van der Waals surface area contributed by atoms with E-state index in [1.807, 2.05) is 0 Å². The number of aliphatic hydroxyl groups excluding tert-OH is 3. The second-order valence-corrected chi connectivity index (χ2v) is 2.62. The quantitative estimate of drug-likeness (QED) is 0.214. The molecule has 0 bridgehead atoms. The average Bonchev–Trinajstić information content (AvgIpc) is 2.18. The van der Waals surface area contributed by atoms with Gasteiger partial charge in [0.1, 0.15) is 18.3 Å². The zero-order valence-corrected chi connectivity index (χ0v) is 7.31. The maximum atomic E-state index is 10.2. The highest BCUT2D eigenvalue weighted by Gasteiger charge is 2.31. The molecule has 0 aromatic carbocycles. The van der Waals surface area contributed by atoms with Crippen LogP contribution in [0, 0.1) is 0 Å². The molecule has 84 valence electrons. The molecular formula is C6H14N2O6. The van der Waals surface area contributed by atoms with Crippen LogP contribution in [-0.4, -0.2) is 52.6 Å². The topological polar surface area (TPSA) is 148 Å². The number of hydrogen-bond acceptors (Lipinski definition) is 8. The van der Waals surface area contributed by atoms with E-state index in [4.69, 9.17) is 5.11 Å². The number of carbonyl (C=O) groups is 1. The van der Waals surface area contributed by atoms with Crippen molar-refractivity contribution in [3.05, 3.63) is 0 Å². The predicted molar refractivity (Wildman–Crippen MR) is 43.3 cm³/mol. The molecule has 4 atom stereocenters. The van der Waals surface area contributed by atoms with E-state index in [2.05, 4.69) is 21.5 Å². The Morgan fingerprint density at radius 1 is 1.21 bits per heavy atom. The van der Waals surface area contributed by atoms with Crippen molar-refractivity contribution in [3.63, 3.8) is 0 Å².